The lowest BCUT2D eigenvalue weighted by molar-refractivity contribution is -0.138. The molecule has 0 fully saturated rings. The number of carbonyl (C=O) groups is 2. The molecule has 0 aromatic rings. The van der Waals surface area contributed by atoms with Gasteiger partial charge in [-0.25, -0.2) is 0 Å². The van der Waals surface area contributed by atoms with Gasteiger partial charge in [0.15, 0.2) is 0 Å². The summed E-state index contributed by atoms with van der Waals surface area (Å²) >= 11 is 0. The molecule has 1 amide bonds. The summed E-state index contributed by atoms with van der Waals surface area (Å²) in [6, 6.07) is 0. The number of aliphatic hydroxyl groups is 2. The van der Waals surface area contributed by atoms with Crippen LogP contribution in [-0.4, -0.2) is 46.5 Å². The van der Waals surface area contributed by atoms with Crippen LogP contribution >= 0.6 is 0 Å². The number of amides is 1. The first-order chi connectivity index (χ1) is 7.81. The molecular weight excluding hydrogens is 238 g/mol. The number of aliphatic hydroxyl groups excluding tert-OH is 2. The Morgan fingerprint density at radius 2 is 1.72 bits per heavy atom. The van der Waals surface area contributed by atoms with Crippen molar-refractivity contribution in [2.75, 3.05) is 13.2 Å². The summed E-state index contributed by atoms with van der Waals surface area (Å²) in [4.78, 5) is 21.4. The van der Waals surface area contributed by atoms with E-state index in [9.17, 15) is 14.7 Å². The van der Waals surface area contributed by atoms with E-state index in [0.717, 1.165) is 0 Å². The second-order valence-electron chi connectivity index (χ2n) is 3.98. The zero-order chi connectivity index (χ0) is 14.1. The highest BCUT2D eigenvalue weighted by Gasteiger charge is 2.32. The van der Waals surface area contributed by atoms with Crippen molar-refractivity contribution < 1.29 is 24.9 Å². The van der Waals surface area contributed by atoms with Gasteiger partial charge in [-0.1, -0.05) is 35.1 Å². The van der Waals surface area contributed by atoms with Crippen LogP contribution in [0.25, 0.3) is 0 Å². The summed E-state index contributed by atoms with van der Waals surface area (Å²) < 4.78 is 0. The number of carboxylic acid groups (broad SMARTS) is 1. The fraction of sp³-hybridized carbons (Fsp3) is 0.833. The van der Waals surface area contributed by atoms with Gasteiger partial charge in [-0.2, -0.15) is 0 Å². The summed E-state index contributed by atoms with van der Waals surface area (Å²) in [5.74, 6) is -1.69. The molecule has 0 aliphatic rings. The molecule has 0 heterocycles. The molecule has 0 bridgehead atoms. The van der Waals surface area contributed by atoms with Crippen molar-refractivity contribution in [2.24, 2.45) is 5.41 Å². The smallest absolute Gasteiger partial charge is 0.305 e. The van der Waals surface area contributed by atoms with E-state index in [0.29, 0.717) is 0 Å². The average Bonchev–Trinajstić information content (AvgIpc) is 2.30. The molecule has 0 spiro atoms. The Balaban J connectivity index is -0.000000709. The van der Waals surface area contributed by atoms with Gasteiger partial charge >= 0.3 is 5.97 Å². The van der Waals surface area contributed by atoms with E-state index in [1.165, 1.54) is 13.8 Å². The molecular formula is C12H27NO5. The molecule has 4 N–H and O–H groups in total. The second kappa shape index (κ2) is 11.0. The Morgan fingerprint density at radius 1 is 1.28 bits per heavy atom. The number of carboxylic acids is 1. The highest BCUT2D eigenvalue weighted by molar-refractivity contribution is 5.81. The number of hydrogen-bond donors (Lipinski definition) is 4. The molecule has 6 nitrogen and oxygen atoms in total. The lowest BCUT2D eigenvalue weighted by atomic mass is 9.87. The quantitative estimate of drug-likeness (QED) is 0.563. The van der Waals surface area contributed by atoms with Crippen LogP contribution in [0.3, 0.4) is 0 Å². The highest BCUT2D eigenvalue weighted by atomic mass is 16.4. The van der Waals surface area contributed by atoms with Gasteiger partial charge in [-0.15, -0.1) is 0 Å². The first kappa shape index (κ1) is 22.1. The van der Waals surface area contributed by atoms with Crippen molar-refractivity contribution in [3.63, 3.8) is 0 Å². The van der Waals surface area contributed by atoms with E-state index in [-0.39, 0.29) is 27.0 Å². The van der Waals surface area contributed by atoms with Crippen molar-refractivity contribution in [2.45, 2.75) is 47.6 Å². The third-order valence-corrected chi connectivity index (χ3v) is 2.03. The predicted molar refractivity (Wildman–Crippen MR) is 70.2 cm³/mol. The molecule has 0 aromatic carbocycles. The third kappa shape index (κ3) is 8.95. The van der Waals surface area contributed by atoms with Crippen LogP contribution in [0.4, 0.5) is 0 Å². The number of hydrogen-bond acceptors (Lipinski definition) is 4. The van der Waals surface area contributed by atoms with E-state index in [4.69, 9.17) is 10.2 Å². The fourth-order valence-electron chi connectivity index (χ4n) is 0.831. The summed E-state index contributed by atoms with van der Waals surface area (Å²) in [5, 5.41) is 29.0. The zero-order valence-corrected chi connectivity index (χ0v) is 10.9. The Labute approximate surface area is 109 Å². The maximum absolute atomic E-state index is 11.3. The topological polar surface area (TPSA) is 107 Å². The number of rotatable bonds is 6. The minimum absolute atomic E-state index is 0. The molecule has 0 aromatic heterocycles. The number of aliphatic carboxylic acids is 1. The molecule has 18 heavy (non-hydrogen) atoms. The Hall–Kier alpha value is -1.14. The van der Waals surface area contributed by atoms with Gasteiger partial charge in [0.2, 0.25) is 5.91 Å². The maximum atomic E-state index is 11.3. The molecule has 0 saturated heterocycles. The van der Waals surface area contributed by atoms with Crippen molar-refractivity contribution in [1.29, 1.82) is 0 Å². The molecule has 6 heteroatoms. The van der Waals surface area contributed by atoms with Crippen LogP contribution in [0.5, 0.6) is 0 Å². The normalized spacial score (nSPS) is 11.4. The zero-order valence-electron chi connectivity index (χ0n) is 10.9. The van der Waals surface area contributed by atoms with Crippen LogP contribution in [0.1, 0.15) is 41.5 Å². The molecule has 0 aliphatic carbocycles. The van der Waals surface area contributed by atoms with Gasteiger partial charge in [0.1, 0.15) is 6.10 Å². The summed E-state index contributed by atoms with van der Waals surface area (Å²) in [6.45, 7) is 6.70. The van der Waals surface area contributed by atoms with Crippen LogP contribution in [-0.2, 0) is 9.59 Å². The van der Waals surface area contributed by atoms with Crippen LogP contribution in [0, 0.1) is 5.41 Å². The first-order valence-electron chi connectivity index (χ1n) is 5.59. The lowest BCUT2D eigenvalue weighted by Gasteiger charge is -2.26. The van der Waals surface area contributed by atoms with Gasteiger partial charge in [0.25, 0.3) is 0 Å². The average molecular weight is 265 g/mol. The van der Waals surface area contributed by atoms with Crippen LogP contribution in [0.2, 0.25) is 0 Å². The summed E-state index contributed by atoms with van der Waals surface area (Å²) in [5.41, 5.74) is -0.937. The van der Waals surface area contributed by atoms with E-state index >= 15 is 0 Å². The molecule has 0 aliphatic heterocycles. The standard InChI is InChI=1S/C9H17NO5.C2H6.CH4/c1-9(2,5-11)7(14)8(15)10-4-3-6(12)13;1-2;/h7,11,14H,3-5H2,1-2H3,(H,10,15)(H,12,13);1-2H3;1H4/t7-;;/m0../s1. The fourth-order valence-corrected chi connectivity index (χ4v) is 0.831. The van der Waals surface area contributed by atoms with Crippen molar-refractivity contribution >= 4 is 11.9 Å². The van der Waals surface area contributed by atoms with Gasteiger partial charge < -0.3 is 20.6 Å². The number of nitrogens with one attached hydrogen (secondary N) is 1. The monoisotopic (exact) mass is 265 g/mol. The summed E-state index contributed by atoms with van der Waals surface area (Å²) in [6.07, 6.45) is -1.55. The molecule has 110 valence electrons. The highest BCUT2D eigenvalue weighted by Crippen LogP contribution is 2.19. The SMILES string of the molecule is C.CC.CC(C)(CO)[C@@H](O)C(=O)NCCC(=O)O. The Kier molecular flexibility index (Phi) is 13.5. The Morgan fingerprint density at radius 3 is 2.06 bits per heavy atom. The van der Waals surface area contributed by atoms with Crippen molar-refractivity contribution in [1.82, 2.24) is 5.32 Å². The lowest BCUT2D eigenvalue weighted by Crippen LogP contribution is -2.45. The Bertz CT molecular complexity index is 241. The molecule has 0 radical (unpaired) electrons. The molecule has 0 saturated carbocycles. The van der Waals surface area contributed by atoms with Crippen LogP contribution in [0.15, 0.2) is 0 Å². The predicted octanol–water partition coefficient (Wildman–Crippen LogP) is 0.619. The summed E-state index contributed by atoms with van der Waals surface area (Å²) in [7, 11) is 0. The number of carbonyl (C=O) groups excluding carboxylic acids is 1. The van der Waals surface area contributed by atoms with Gasteiger partial charge in [0, 0.05) is 12.0 Å². The molecule has 0 rings (SSSR count). The van der Waals surface area contributed by atoms with Crippen LogP contribution < -0.4 is 5.32 Å². The van der Waals surface area contributed by atoms with E-state index in [1.807, 2.05) is 13.8 Å². The van der Waals surface area contributed by atoms with E-state index in [1.54, 1.807) is 0 Å². The van der Waals surface area contributed by atoms with Gasteiger partial charge in [-0.3, -0.25) is 9.59 Å². The van der Waals surface area contributed by atoms with Crippen molar-refractivity contribution in [3.05, 3.63) is 0 Å². The minimum atomic E-state index is -1.35. The van der Waals surface area contributed by atoms with E-state index in [2.05, 4.69) is 5.32 Å². The first-order valence-corrected chi connectivity index (χ1v) is 5.59. The second-order valence-corrected chi connectivity index (χ2v) is 3.98. The molecule has 0 unspecified atom stereocenters. The minimum Gasteiger partial charge on any atom is -0.481 e. The largest absolute Gasteiger partial charge is 0.481 e. The van der Waals surface area contributed by atoms with Gasteiger partial charge in [0.05, 0.1) is 13.0 Å². The van der Waals surface area contributed by atoms with Gasteiger partial charge in [-0.05, 0) is 0 Å². The maximum Gasteiger partial charge on any atom is 0.305 e. The van der Waals surface area contributed by atoms with Crippen molar-refractivity contribution in [3.8, 4) is 0 Å². The molecule has 1 atom stereocenters. The van der Waals surface area contributed by atoms with E-state index < -0.39 is 23.4 Å². The third-order valence-electron chi connectivity index (χ3n) is 2.03.